The summed E-state index contributed by atoms with van der Waals surface area (Å²) >= 11 is 0. The van der Waals surface area contributed by atoms with Crippen molar-refractivity contribution in [1.29, 1.82) is 0 Å². The maximum absolute atomic E-state index is 13.5. The average molecular weight is 247 g/mol. The van der Waals surface area contributed by atoms with Crippen LogP contribution in [0.25, 0.3) is 0 Å². The first kappa shape index (κ1) is 11.8. The van der Waals surface area contributed by atoms with Crippen molar-refractivity contribution >= 4 is 5.78 Å². The maximum Gasteiger partial charge on any atom is 0.179 e. The molecule has 18 heavy (non-hydrogen) atoms. The van der Waals surface area contributed by atoms with Crippen LogP contribution >= 0.6 is 0 Å². The highest BCUT2D eigenvalue weighted by Crippen LogP contribution is 2.37. The van der Waals surface area contributed by atoms with Crippen molar-refractivity contribution in [3.63, 3.8) is 0 Å². The minimum Gasteiger partial charge on any atom is -0.295 e. The van der Waals surface area contributed by atoms with Crippen LogP contribution in [0.4, 0.5) is 4.39 Å². The van der Waals surface area contributed by atoms with E-state index in [0.717, 1.165) is 24.9 Å². The number of benzene rings is 1. The Labute approximate surface area is 107 Å². The summed E-state index contributed by atoms with van der Waals surface area (Å²) in [7, 11) is 0. The van der Waals surface area contributed by atoms with E-state index in [1.165, 1.54) is 25.3 Å². The molecular weight excluding hydrogens is 229 g/mol. The van der Waals surface area contributed by atoms with Gasteiger partial charge in [-0.1, -0.05) is 18.6 Å². The SMILES string of the molecule is O=C(CN1CC2CCCC2C1)c1ccccc1F. The third-order valence-electron chi connectivity index (χ3n) is 4.34. The number of hydrogen-bond acceptors (Lipinski definition) is 2. The summed E-state index contributed by atoms with van der Waals surface area (Å²) in [5.41, 5.74) is 0.231. The first-order valence-electron chi connectivity index (χ1n) is 6.74. The first-order chi connectivity index (χ1) is 8.74. The quantitative estimate of drug-likeness (QED) is 0.765. The van der Waals surface area contributed by atoms with E-state index in [-0.39, 0.29) is 11.3 Å². The summed E-state index contributed by atoms with van der Waals surface area (Å²) in [5.74, 6) is 1.06. The van der Waals surface area contributed by atoms with Crippen molar-refractivity contribution in [2.24, 2.45) is 11.8 Å². The molecule has 2 nitrogen and oxygen atoms in total. The zero-order valence-corrected chi connectivity index (χ0v) is 10.4. The van der Waals surface area contributed by atoms with Crippen LogP contribution in [0.3, 0.4) is 0 Å². The molecule has 0 radical (unpaired) electrons. The number of carbonyl (C=O) groups is 1. The van der Waals surface area contributed by atoms with Crippen LogP contribution in [0.15, 0.2) is 24.3 Å². The van der Waals surface area contributed by atoms with E-state index in [9.17, 15) is 9.18 Å². The topological polar surface area (TPSA) is 20.3 Å². The van der Waals surface area contributed by atoms with Crippen molar-refractivity contribution in [3.8, 4) is 0 Å². The molecule has 3 heteroatoms. The first-order valence-corrected chi connectivity index (χ1v) is 6.74. The fourth-order valence-electron chi connectivity index (χ4n) is 3.44. The average Bonchev–Trinajstić information content (AvgIpc) is 2.90. The van der Waals surface area contributed by atoms with Gasteiger partial charge in [0.15, 0.2) is 5.78 Å². The summed E-state index contributed by atoms with van der Waals surface area (Å²) in [6.45, 7) is 2.41. The number of halogens is 1. The second-order valence-corrected chi connectivity index (χ2v) is 5.55. The van der Waals surface area contributed by atoms with E-state index in [1.807, 2.05) is 0 Å². The predicted octanol–water partition coefficient (Wildman–Crippen LogP) is 2.74. The fourth-order valence-corrected chi connectivity index (χ4v) is 3.44. The molecule has 1 saturated carbocycles. The van der Waals surface area contributed by atoms with Gasteiger partial charge in [-0.05, 0) is 36.8 Å². The fraction of sp³-hybridized carbons (Fsp3) is 0.533. The number of fused-ring (bicyclic) bond motifs is 1. The molecule has 1 aromatic carbocycles. The lowest BCUT2D eigenvalue weighted by Crippen LogP contribution is -2.29. The van der Waals surface area contributed by atoms with Crippen LogP contribution in [0.1, 0.15) is 29.6 Å². The number of nitrogens with zero attached hydrogens (tertiary/aromatic N) is 1. The van der Waals surface area contributed by atoms with Crippen LogP contribution < -0.4 is 0 Å². The summed E-state index contributed by atoms with van der Waals surface area (Å²) in [6, 6.07) is 6.27. The Hall–Kier alpha value is -1.22. The van der Waals surface area contributed by atoms with E-state index < -0.39 is 5.82 Å². The molecule has 1 aromatic rings. The monoisotopic (exact) mass is 247 g/mol. The number of Topliss-reactive ketones (excluding diaryl/α,β-unsaturated/α-hetero) is 1. The minimum absolute atomic E-state index is 0.0897. The smallest absolute Gasteiger partial charge is 0.179 e. The van der Waals surface area contributed by atoms with Gasteiger partial charge in [-0.3, -0.25) is 9.69 Å². The Morgan fingerprint density at radius 3 is 2.56 bits per heavy atom. The number of likely N-dealkylation sites (tertiary alicyclic amines) is 1. The number of ketones is 1. The van der Waals surface area contributed by atoms with Gasteiger partial charge >= 0.3 is 0 Å². The lowest BCUT2D eigenvalue weighted by molar-refractivity contribution is 0.0937. The maximum atomic E-state index is 13.5. The van der Waals surface area contributed by atoms with Crippen LogP contribution in [-0.4, -0.2) is 30.3 Å². The second kappa shape index (κ2) is 4.81. The van der Waals surface area contributed by atoms with Gasteiger partial charge in [0.25, 0.3) is 0 Å². The largest absolute Gasteiger partial charge is 0.295 e. The highest BCUT2D eigenvalue weighted by atomic mass is 19.1. The summed E-state index contributed by atoms with van der Waals surface area (Å²) in [6.07, 6.45) is 3.94. The molecule has 2 unspecified atom stereocenters. The molecule has 0 amide bonds. The Balaban J connectivity index is 1.64. The normalized spacial score (nSPS) is 27.4. The minimum atomic E-state index is -0.401. The Kier molecular flexibility index (Phi) is 3.16. The lowest BCUT2D eigenvalue weighted by atomic mass is 10.0. The molecule has 0 bridgehead atoms. The summed E-state index contributed by atoms with van der Waals surface area (Å²) < 4.78 is 13.5. The van der Waals surface area contributed by atoms with Gasteiger partial charge in [0.05, 0.1) is 12.1 Å². The molecule has 1 heterocycles. The highest BCUT2D eigenvalue weighted by molar-refractivity contribution is 5.97. The molecule has 96 valence electrons. The van der Waals surface area contributed by atoms with Gasteiger partial charge in [0.1, 0.15) is 5.82 Å². The predicted molar refractivity (Wildman–Crippen MR) is 68.0 cm³/mol. The van der Waals surface area contributed by atoms with Crippen molar-refractivity contribution < 1.29 is 9.18 Å². The van der Waals surface area contributed by atoms with Gasteiger partial charge in [0.2, 0.25) is 0 Å². The third-order valence-corrected chi connectivity index (χ3v) is 4.34. The van der Waals surface area contributed by atoms with Gasteiger partial charge in [-0.25, -0.2) is 4.39 Å². The van der Waals surface area contributed by atoms with E-state index in [0.29, 0.717) is 6.54 Å². The molecule has 1 saturated heterocycles. The molecule has 3 rings (SSSR count). The molecule has 0 aromatic heterocycles. The Morgan fingerprint density at radius 2 is 1.89 bits per heavy atom. The summed E-state index contributed by atoms with van der Waals surface area (Å²) in [4.78, 5) is 14.3. The van der Waals surface area contributed by atoms with Crippen molar-refractivity contribution in [3.05, 3.63) is 35.6 Å². The lowest BCUT2D eigenvalue weighted by Gasteiger charge is -2.15. The Bertz CT molecular complexity index is 448. The third kappa shape index (κ3) is 2.19. The molecule has 0 N–H and O–H groups in total. The molecule has 0 spiro atoms. The zero-order chi connectivity index (χ0) is 12.5. The van der Waals surface area contributed by atoms with E-state index in [4.69, 9.17) is 0 Å². The van der Waals surface area contributed by atoms with Gasteiger partial charge in [-0.15, -0.1) is 0 Å². The van der Waals surface area contributed by atoms with Crippen LogP contribution in [0.5, 0.6) is 0 Å². The van der Waals surface area contributed by atoms with Gasteiger partial charge < -0.3 is 0 Å². The van der Waals surface area contributed by atoms with Crippen LogP contribution in [0, 0.1) is 17.7 Å². The van der Waals surface area contributed by atoms with Crippen molar-refractivity contribution in [2.75, 3.05) is 19.6 Å². The van der Waals surface area contributed by atoms with Crippen LogP contribution in [-0.2, 0) is 0 Å². The zero-order valence-electron chi connectivity index (χ0n) is 10.4. The molecule has 1 aliphatic heterocycles. The van der Waals surface area contributed by atoms with Crippen LogP contribution in [0.2, 0.25) is 0 Å². The number of carbonyl (C=O) groups excluding carboxylic acids is 1. The molecular formula is C15H18FNO. The Morgan fingerprint density at radius 1 is 1.22 bits per heavy atom. The molecule has 2 aliphatic rings. The molecule has 2 atom stereocenters. The van der Waals surface area contributed by atoms with Gasteiger partial charge in [-0.2, -0.15) is 0 Å². The highest BCUT2D eigenvalue weighted by Gasteiger charge is 2.36. The van der Waals surface area contributed by atoms with E-state index in [1.54, 1.807) is 18.2 Å². The second-order valence-electron chi connectivity index (χ2n) is 5.55. The standard InChI is InChI=1S/C15H18FNO/c16-14-7-2-1-6-13(14)15(18)10-17-8-11-4-3-5-12(11)9-17/h1-2,6-7,11-12H,3-5,8-10H2. The van der Waals surface area contributed by atoms with Crippen molar-refractivity contribution in [1.82, 2.24) is 4.90 Å². The van der Waals surface area contributed by atoms with Gasteiger partial charge in [0, 0.05) is 13.1 Å². The number of hydrogen-bond donors (Lipinski definition) is 0. The van der Waals surface area contributed by atoms with E-state index in [2.05, 4.69) is 4.90 Å². The van der Waals surface area contributed by atoms with Crippen molar-refractivity contribution in [2.45, 2.75) is 19.3 Å². The number of rotatable bonds is 3. The molecule has 2 fully saturated rings. The molecule has 1 aliphatic carbocycles. The van der Waals surface area contributed by atoms with E-state index >= 15 is 0 Å². The summed E-state index contributed by atoms with van der Waals surface area (Å²) in [5, 5.41) is 0.